The standard InChI is InChI=1S/C4H8N2O2.Cr/c1-3(5-7)4(2)6-8;/h7-8H,1-2H3;/b5-3+,6-4+;. The Bertz CT molecular complexity index is 117. The summed E-state index contributed by atoms with van der Waals surface area (Å²) < 4.78 is 0. The van der Waals surface area contributed by atoms with Gasteiger partial charge in [0.05, 0.1) is 0 Å². The molecule has 0 aliphatic heterocycles. The monoisotopic (exact) mass is 168 g/mol. The molecular weight excluding hydrogens is 160 g/mol. The second kappa shape index (κ2) is 5.61. The van der Waals surface area contributed by atoms with E-state index in [9.17, 15) is 0 Å². The zero-order valence-corrected chi connectivity index (χ0v) is 6.47. The van der Waals surface area contributed by atoms with Gasteiger partial charge in [0.25, 0.3) is 0 Å². The van der Waals surface area contributed by atoms with Crippen LogP contribution in [-0.2, 0) is 17.4 Å². The second-order valence-electron chi connectivity index (χ2n) is 1.37. The first-order valence-electron chi connectivity index (χ1n) is 2.10. The van der Waals surface area contributed by atoms with E-state index in [1.165, 1.54) is 13.8 Å². The molecule has 0 bridgehead atoms. The normalized spacial score (nSPS) is 12.7. The van der Waals surface area contributed by atoms with Crippen molar-refractivity contribution in [3.05, 3.63) is 0 Å². The van der Waals surface area contributed by atoms with E-state index in [1.807, 2.05) is 0 Å². The fourth-order valence-corrected chi connectivity index (χ4v) is 0.145. The van der Waals surface area contributed by atoms with Gasteiger partial charge in [-0.2, -0.15) is 0 Å². The molecule has 0 saturated carbocycles. The van der Waals surface area contributed by atoms with Crippen LogP contribution in [0.2, 0.25) is 0 Å². The summed E-state index contributed by atoms with van der Waals surface area (Å²) in [5.41, 5.74) is 0.625. The van der Waals surface area contributed by atoms with Gasteiger partial charge in [0.15, 0.2) is 0 Å². The minimum absolute atomic E-state index is 0. The fourth-order valence-electron chi connectivity index (χ4n) is 0.145. The van der Waals surface area contributed by atoms with Crippen LogP contribution >= 0.6 is 0 Å². The van der Waals surface area contributed by atoms with Crippen molar-refractivity contribution in [3.8, 4) is 0 Å². The van der Waals surface area contributed by atoms with Gasteiger partial charge < -0.3 is 10.4 Å². The topological polar surface area (TPSA) is 65.2 Å². The maximum Gasteiger partial charge on any atom is 0.101 e. The van der Waals surface area contributed by atoms with Gasteiger partial charge >= 0.3 is 0 Å². The van der Waals surface area contributed by atoms with Crippen molar-refractivity contribution in [2.75, 3.05) is 0 Å². The zero-order chi connectivity index (χ0) is 6.57. The molecule has 0 aromatic carbocycles. The third kappa shape index (κ3) is 4.01. The van der Waals surface area contributed by atoms with Crippen LogP contribution in [0.3, 0.4) is 0 Å². The number of hydrogen-bond donors (Lipinski definition) is 2. The molecule has 0 fully saturated rings. The number of rotatable bonds is 1. The summed E-state index contributed by atoms with van der Waals surface area (Å²) in [6.07, 6.45) is 0. The molecule has 0 aromatic rings. The summed E-state index contributed by atoms with van der Waals surface area (Å²) in [7, 11) is 0. The molecule has 0 amide bonds. The second-order valence-corrected chi connectivity index (χ2v) is 1.37. The number of nitrogens with zero attached hydrogens (tertiary/aromatic N) is 2. The maximum atomic E-state index is 8.03. The van der Waals surface area contributed by atoms with E-state index >= 15 is 0 Å². The van der Waals surface area contributed by atoms with Gasteiger partial charge in [0.2, 0.25) is 0 Å². The largest absolute Gasteiger partial charge is 0.411 e. The zero-order valence-electron chi connectivity index (χ0n) is 5.20. The summed E-state index contributed by atoms with van der Waals surface area (Å²) in [6, 6.07) is 0. The van der Waals surface area contributed by atoms with Crippen molar-refractivity contribution in [1.29, 1.82) is 0 Å². The van der Waals surface area contributed by atoms with Crippen LogP contribution in [0.15, 0.2) is 10.3 Å². The van der Waals surface area contributed by atoms with Crippen LogP contribution in [0.5, 0.6) is 0 Å². The van der Waals surface area contributed by atoms with Crippen molar-refractivity contribution in [2.24, 2.45) is 10.3 Å². The minimum Gasteiger partial charge on any atom is -0.411 e. The van der Waals surface area contributed by atoms with E-state index in [1.54, 1.807) is 0 Å². The SMILES string of the molecule is CC(=N\O)/C(C)=N/O.[Cr]. The van der Waals surface area contributed by atoms with Crippen molar-refractivity contribution in [2.45, 2.75) is 13.8 Å². The first-order chi connectivity index (χ1) is 3.72. The summed E-state index contributed by atoms with van der Waals surface area (Å²) in [6.45, 7) is 3.07. The maximum absolute atomic E-state index is 8.03. The van der Waals surface area contributed by atoms with Crippen LogP contribution in [-0.4, -0.2) is 21.8 Å². The molecule has 0 spiro atoms. The summed E-state index contributed by atoms with van der Waals surface area (Å²) in [5, 5.41) is 21.6. The van der Waals surface area contributed by atoms with Gasteiger partial charge in [0.1, 0.15) is 11.4 Å². The van der Waals surface area contributed by atoms with Crippen LogP contribution < -0.4 is 0 Å². The molecule has 0 saturated heterocycles. The molecule has 0 atom stereocenters. The molecule has 2 N–H and O–H groups in total. The molecule has 0 aliphatic rings. The first-order valence-corrected chi connectivity index (χ1v) is 2.10. The van der Waals surface area contributed by atoms with Gasteiger partial charge in [-0.05, 0) is 13.8 Å². The smallest absolute Gasteiger partial charge is 0.101 e. The van der Waals surface area contributed by atoms with Gasteiger partial charge in [-0.25, -0.2) is 0 Å². The van der Waals surface area contributed by atoms with Crippen molar-refractivity contribution < 1.29 is 27.8 Å². The Morgan fingerprint density at radius 1 is 1.00 bits per heavy atom. The van der Waals surface area contributed by atoms with Crippen LogP contribution in [0.25, 0.3) is 0 Å². The van der Waals surface area contributed by atoms with E-state index in [4.69, 9.17) is 10.4 Å². The quantitative estimate of drug-likeness (QED) is 0.343. The van der Waals surface area contributed by atoms with E-state index in [0.29, 0.717) is 11.4 Å². The van der Waals surface area contributed by atoms with Crippen molar-refractivity contribution >= 4 is 11.4 Å². The predicted molar refractivity (Wildman–Crippen MR) is 29.8 cm³/mol. The predicted octanol–water partition coefficient (Wildman–Crippen LogP) is 0.684. The molecule has 0 radical (unpaired) electrons. The van der Waals surface area contributed by atoms with E-state index in [-0.39, 0.29) is 17.4 Å². The van der Waals surface area contributed by atoms with Crippen LogP contribution in [0, 0.1) is 0 Å². The van der Waals surface area contributed by atoms with E-state index < -0.39 is 0 Å². The Morgan fingerprint density at radius 3 is 1.33 bits per heavy atom. The third-order valence-electron chi connectivity index (χ3n) is 0.824. The van der Waals surface area contributed by atoms with E-state index in [0.717, 1.165) is 0 Å². The fraction of sp³-hybridized carbons (Fsp3) is 0.500. The average Bonchev–Trinajstić information content (AvgIpc) is 1.84. The summed E-state index contributed by atoms with van der Waals surface area (Å²) >= 11 is 0. The van der Waals surface area contributed by atoms with E-state index in [2.05, 4.69) is 10.3 Å². The molecule has 52 valence electrons. The Labute approximate surface area is 64.0 Å². The van der Waals surface area contributed by atoms with Gasteiger partial charge in [-0.1, -0.05) is 10.3 Å². The van der Waals surface area contributed by atoms with Crippen molar-refractivity contribution in [1.82, 2.24) is 0 Å². The van der Waals surface area contributed by atoms with Crippen LogP contribution in [0.1, 0.15) is 13.8 Å². The van der Waals surface area contributed by atoms with Crippen molar-refractivity contribution in [3.63, 3.8) is 0 Å². The Kier molecular flexibility index (Phi) is 7.03. The van der Waals surface area contributed by atoms with Gasteiger partial charge in [-0.15, -0.1) is 0 Å². The molecule has 4 nitrogen and oxygen atoms in total. The Hall–Kier alpha value is -0.528. The van der Waals surface area contributed by atoms with Gasteiger partial charge in [0, 0.05) is 17.4 Å². The molecule has 0 aromatic heterocycles. The summed E-state index contributed by atoms with van der Waals surface area (Å²) in [4.78, 5) is 0. The third-order valence-corrected chi connectivity index (χ3v) is 0.824. The number of hydrogen-bond acceptors (Lipinski definition) is 4. The Balaban J connectivity index is 0. The molecule has 0 rings (SSSR count). The number of oxime groups is 2. The molecule has 5 heteroatoms. The average molecular weight is 168 g/mol. The molecule has 0 heterocycles. The minimum atomic E-state index is 0. The van der Waals surface area contributed by atoms with Gasteiger partial charge in [-0.3, -0.25) is 0 Å². The molecule has 0 aliphatic carbocycles. The molecule has 0 unspecified atom stereocenters. The summed E-state index contributed by atoms with van der Waals surface area (Å²) in [5.74, 6) is 0. The molecular formula is C4H8CrN2O2. The van der Waals surface area contributed by atoms with Crippen LogP contribution in [0.4, 0.5) is 0 Å². The Morgan fingerprint density at radius 2 is 1.22 bits per heavy atom. The molecule has 9 heavy (non-hydrogen) atoms. The first kappa shape index (κ1) is 11.3.